The van der Waals surface area contributed by atoms with Gasteiger partial charge in [-0.1, -0.05) is 11.6 Å². The van der Waals surface area contributed by atoms with Gasteiger partial charge in [0, 0.05) is 26.8 Å². The van der Waals surface area contributed by atoms with Crippen molar-refractivity contribution in [1.29, 1.82) is 0 Å². The van der Waals surface area contributed by atoms with Crippen LogP contribution in [0.15, 0.2) is 24.5 Å². The molecule has 0 bridgehead atoms. The summed E-state index contributed by atoms with van der Waals surface area (Å²) in [6.07, 6.45) is 5.45. The number of carbonyl (C=O) groups excluding carboxylic acids is 1. The zero-order valence-electron chi connectivity index (χ0n) is 13.4. The van der Waals surface area contributed by atoms with E-state index in [1.54, 1.807) is 23.6 Å². The smallest absolute Gasteiger partial charge is 0.321 e. The molecule has 2 amide bonds. The van der Waals surface area contributed by atoms with Gasteiger partial charge in [0.1, 0.15) is 5.82 Å². The Morgan fingerprint density at radius 2 is 2.22 bits per heavy atom. The number of halogens is 2. The number of urea groups is 1. The van der Waals surface area contributed by atoms with Crippen molar-refractivity contribution in [3.63, 3.8) is 0 Å². The zero-order valence-corrected chi connectivity index (χ0v) is 14.2. The minimum Gasteiger partial charge on any atom is -0.328 e. The van der Waals surface area contributed by atoms with Gasteiger partial charge in [0.2, 0.25) is 0 Å². The summed E-state index contributed by atoms with van der Waals surface area (Å²) in [6.45, 7) is 2.22. The van der Waals surface area contributed by atoms with E-state index in [-0.39, 0.29) is 11.1 Å². The fraction of sp³-hybridized carbons (Fsp3) is 0.375. The molecule has 0 fully saturated rings. The van der Waals surface area contributed by atoms with Crippen molar-refractivity contribution < 1.29 is 9.18 Å². The predicted molar refractivity (Wildman–Crippen MR) is 89.3 cm³/mol. The Labute approximate surface area is 140 Å². The highest BCUT2D eigenvalue weighted by atomic mass is 35.5. The number of anilines is 1. The number of rotatable bonds is 5. The lowest BCUT2D eigenvalue weighted by atomic mass is 10.2. The summed E-state index contributed by atoms with van der Waals surface area (Å²) in [5.74, 6) is -0.391. The van der Waals surface area contributed by atoms with Crippen LogP contribution in [0.1, 0.15) is 17.5 Å². The van der Waals surface area contributed by atoms with E-state index in [0.717, 1.165) is 18.4 Å². The third-order valence-electron chi connectivity index (χ3n) is 3.55. The average molecular weight is 339 g/mol. The summed E-state index contributed by atoms with van der Waals surface area (Å²) in [5, 5.41) is 7.00. The summed E-state index contributed by atoms with van der Waals surface area (Å²) in [6, 6.07) is 2.46. The second-order valence-electron chi connectivity index (χ2n) is 5.56. The number of benzene rings is 1. The van der Waals surface area contributed by atoms with Gasteiger partial charge in [0.15, 0.2) is 0 Å². The number of amides is 2. The molecule has 5 nitrogen and oxygen atoms in total. The average Bonchev–Trinajstić information content (AvgIpc) is 2.90. The van der Waals surface area contributed by atoms with Crippen molar-refractivity contribution in [1.82, 2.24) is 14.7 Å². The second-order valence-corrected chi connectivity index (χ2v) is 5.97. The first-order valence-electron chi connectivity index (χ1n) is 7.32. The number of hydrogen-bond donors (Lipinski definition) is 1. The maximum absolute atomic E-state index is 13.4. The molecule has 0 aliphatic carbocycles. The van der Waals surface area contributed by atoms with Gasteiger partial charge < -0.3 is 10.2 Å². The Morgan fingerprint density at radius 3 is 2.87 bits per heavy atom. The molecule has 0 unspecified atom stereocenters. The molecule has 7 heteroatoms. The van der Waals surface area contributed by atoms with E-state index in [1.807, 2.05) is 19.4 Å². The van der Waals surface area contributed by atoms with Crippen molar-refractivity contribution in [2.75, 3.05) is 18.9 Å². The lowest BCUT2D eigenvalue weighted by molar-refractivity contribution is 0.222. The van der Waals surface area contributed by atoms with Crippen LogP contribution in [-0.2, 0) is 13.5 Å². The standard InChI is InChI=1S/C16H20ClFN4O/c1-11-7-15(13(17)8-14(11)18)20-16(23)21(2)6-4-5-12-9-19-22(3)10-12/h7-10H,4-6H2,1-3H3,(H,20,23). The molecule has 2 aromatic rings. The van der Waals surface area contributed by atoms with E-state index in [9.17, 15) is 9.18 Å². The second kappa shape index (κ2) is 7.46. The minimum absolute atomic E-state index is 0.185. The monoisotopic (exact) mass is 338 g/mol. The summed E-state index contributed by atoms with van der Waals surface area (Å²) < 4.78 is 15.1. The molecule has 1 heterocycles. The van der Waals surface area contributed by atoms with Gasteiger partial charge in [0.25, 0.3) is 0 Å². The van der Waals surface area contributed by atoms with Gasteiger partial charge in [-0.3, -0.25) is 4.68 Å². The quantitative estimate of drug-likeness (QED) is 0.905. The topological polar surface area (TPSA) is 50.2 Å². The highest BCUT2D eigenvalue weighted by molar-refractivity contribution is 6.33. The molecule has 0 aliphatic heterocycles. The van der Waals surface area contributed by atoms with Crippen LogP contribution in [0.5, 0.6) is 0 Å². The van der Waals surface area contributed by atoms with Crippen LogP contribution in [0.4, 0.5) is 14.9 Å². The molecule has 1 aromatic heterocycles. The summed E-state index contributed by atoms with van der Waals surface area (Å²) >= 11 is 5.95. The highest BCUT2D eigenvalue weighted by Crippen LogP contribution is 2.25. The van der Waals surface area contributed by atoms with Gasteiger partial charge in [0.05, 0.1) is 16.9 Å². The maximum Gasteiger partial charge on any atom is 0.321 e. The summed E-state index contributed by atoms with van der Waals surface area (Å²) in [7, 11) is 3.58. The Hall–Kier alpha value is -2.08. The van der Waals surface area contributed by atoms with E-state index >= 15 is 0 Å². The van der Waals surface area contributed by atoms with Crippen LogP contribution >= 0.6 is 11.6 Å². The van der Waals surface area contributed by atoms with Crippen LogP contribution in [0.3, 0.4) is 0 Å². The van der Waals surface area contributed by atoms with Crippen molar-refractivity contribution >= 4 is 23.3 Å². The van der Waals surface area contributed by atoms with Crippen molar-refractivity contribution in [3.05, 3.63) is 46.5 Å². The number of nitrogens with one attached hydrogen (secondary N) is 1. The Morgan fingerprint density at radius 1 is 1.48 bits per heavy atom. The van der Waals surface area contributed by atoms with Crippen LogP contribution in [-0.4, -0.2) is 34.3 Å². The first-order chi connectivity index (χ1) is 10.9. The normalized spacial score (nSPS) is 10.7. The van der Waals surface area contributed by atoms with Crippen molar-refractivity contribution in [2.45, 2.75) is 19.8 Å². The third kappa shape index (κ3) is 4.69. The lowest BCUT2D eigenvalue weighted by Crippen LogP contribution is -2.32. The molecule has 0 aliphatic rings. The number of aryl methyl sites for hydroxylation is 3. The lowest BCUT2D eigenvalue weighted by Gasteiger charge is -2.18. The van der Waals surface area contributed by atoms with E-state index < -0.39 is 5.82 Å². The SMILES string of the molecule is Cc1cc(NC(=O)N(C)CCCc2cnn(C)c2)c(Cl)cc1F. The van der Waals surface area contributed by atoms with E-state index in [2.05, 4.69) is 10.4 Å². The summed E-state index contributed by atoms with van der Waals surface area (Å²) in [5.41, 5.74) is 1.98. The molecular weight excluding hydrogens is 319 g/mol. The molecule has 2 rings (SSSR count). The fourth-order valence-corrected chi connectivity index (χ4v) is 2.38. The molecule has 0 radical (unpaired) electrons. The van der Waals surface area contributed by atoms with E-state index in [0.29, 0.717) is 17.8 Å². The van der Waals surface area contributed by atoms with Gasteiger partial charge in [-0.2, -0.15) is 5.10 Å². The zero-order chi connectivity index (χ0) is 17.0. The Kier molecular flexibility index (Phi) is 5.60. The van der Waals surface area contributed by atoms with Gasteiger partial charge in [-0.15, -0.1) is 0 Å². The molecule has 1 N–H and O–H groups in total. The predicted octanol–water partition coefficient (Wildman–Crippen LogP) is 3.62. The number of aromatic nitrogens is 2. The van der Waals surface area contributed by atoms with Crippen LogP contribution in [0.25, 0.3) is 0 Å². The minimum atomic E-state index is -0.391. The summed E-state index contributed by atoms with van der Waals surface area (Å²) in [4.78, 5) is 13.7. The van der Waals surface area contributed by atoms with E-state index in [4.69, 9.17) is 11.6 Å². The molecule has 0 saturated carbocycles. The molecule has 1 aromatic carbocycles. The first kappa shape index (κ1) is 17.3. The Balaban J connectivity index is 1.86. The number of hydrogen-bond acceptors (Lipinski definition) is 2. The molecular formula is C16H20ClFN4O. The molecule has 0 atom stereocenters. The van der Waals surface area contributed by atoms with Crippen LogP contribution < -0.4 is 5.32 Å². The number of nitrogens with zero attached hydrogens (tertiary/aromatic N) is 3. The largest absolute Gasteiger partial charge is 0.328 e. The van der Waals surface area contributed by atoms with Crippen molar-refractivity contribution in [3.8, 4) is 0 Å². The van der Waals surface area contributed by atoms with Crippen LogP contribution in [0, 0.1) is 12.7 Å². The highest BCUT2D eigenvalue weighted by Gasteiger charge is 2.12. The maximum atomic E-state index is 13.4. The third-order valence-corrected chi connectivity index (χ3v) is 3.87. The first-order valence-corrected chi connectivity index (χ1v) is 7.70. The fourth-order valence-electron chi connectivity index (χ4n) is 2.19. The van der Waals surface area contributed by atoms with Gasteiger partial charge in [-0.25, -0.2) is 9.18 Å². The number of carbonyl (C=O) groups is 1. The molecule has 124 valence electrons. The van der Waals surface area contributed by atoms with Crippen LogP contribution in [0.2, 0.25) is 5.02 Å². The Bertz CT molecular complexity index is 701. The van der Waals surface area contributed by atoms with E-state index in [1.165, 1.54) is 12.1 Å². The van der Waals surface area contributed by atoms with Gasteiger partial charge in [-0.05, 0) is 43.0 Å². The molecule has 0 saturated heterocycles. The van der Waals surface area contributed by atoms with Gasteiger partial charge >= 0.3 is 6.03 Å². The molecule has 0 spiro atoms. The molecule has 23 heavy (non-hydrogen) atoms. The van der Waals surface area contributed by atoms with Crippen molar-refractivity contribution in [2.24, 2.45) is 7.05 Å².